The van der Waals surface area contributed by atoms with Crippen LogP contribution in [0.1, 0.15) is 18.1 Å². The van der Waals surface area contributed by atoms with Crippen molar-refractivity contribution in [3.63, 3.8) is 0 Å². The predicted molar refractivity (Wildman–Crippen MR) is 87.6 cm³/mol. The van der Waals surface area contributed by atoms with E-state index in [0.717, 1.165) is 4.90 Å². The Morgan fingerprint density at radius 2 is 2.05 bits per heavy atom. The van der Waals surface area contributed by atoms with Crippen LogP contribution in [0.15, 0.2) is 58.8 Å². The fraction of sp³-hybridized carbons (Fsp3) is 0.188. The van der Waals surface area contributed by atoms with Gasteiger partial charge < -0.3 is 10.6 Å². The van der Waals surface area contributed by atoms with Gasteiger partial charge in [0, 0.05) is 22.9 Å². The molecule has 22 heavy (non-hydrogen) atoms. The van der Waals surface area contributed by atoms with Gasteiger partial charge in [-0.15, -0.1) is 11.8 Å². The Labute approximate surface area is 133 Å². The second kappa shape index (κ2) is 7.61. The molecule has 0 saturated heterocycles. The number of hydrogen-bond donors (Lipinski definition) is 1. The number of nitrogens with zero attached hydrogens (tertiary/aromatic N) is 2. The van der Waals surface area contributed by atoms with Gasteiger partial charge in [0.2, 0.25) is 0 Å². The smallest absolute Gasteiger partial charge is 0.348 e. The van der Waals surface area contributed by atoms with E-state index >= 15 is 0 Å². The minimum Gasteiger partial charge on any atom is -0.380 e. The molecule has 1 aromatic carbocycles. The van der Waals surface area contributed by atoms with E-state index in [1.165, 1.54) is 17.3 Å². The van der Waals surface area contributed by atoms with Crippen LogP contribution < -0.4 is 5.73 Å². The van der Waals surface area contributed by atoms with Gasteiger partial charge in [-0.3, -0.25) is 4.98 Å². The molecule has 114 valence electrons. The van der Waals surface area contributed by atoms with Gasteiger partial charge in [-0.2, -0.15) is 0 Å². The largest absolute Gasteiger partial charge is 0.380 e. The van der Waals surface area contributed by atoms with E-state index in [2.05, 4.69) is 10.1 Å². The van der Waals surface area contributed by atoms with Gasteiger partial charge in [-0.1, -0.05) is 22.9 Å². The van der Waals surface area contributed by atoms with Crippen LogP contribution >= 0.6 is 11.8 Å². The minimum absolute atomic E-state index is 0.119. The number of amidine groups is 1. The maximum atomic E-state index is 11.9. The number of carbonyl (C=O) groups is 1. The van der Waals surface area contributed by atoms with Crippen LogP contribution in [-0.2, 0) is 9.63 Å². The maximum Gasteiger partial charge on any atom is 0.348 e. The first-order valence-electron chi connectivity index (χ1n) is 6.74. The summed E-state index contributed by atoms with van der Waals surface area (Å²) in [5.74, 6) is -0.327. The van der Waals surface area contributed by atoms with Crippen molar-refractivity contribution in [2.45, 2.75) is 24.0 Å². The standard InChI is InChI=1S/C16H17N3O2S/c1-11-5-7-14(8-6-11)22-12(2)16(20)21-19-15(17)13-4-3-9-18-10-13/h3-10,12H,1-2H3,(H2,17,19). The van der Waals surface area contributed by atoms with Crippen LogP contribution in [-0.4, -0.2) is 22.0 Å². The molecule has 0 radical (unpaired) electrons. The zero-order chi connectivity index (χ0) is 15.9. The van der Waals surface area contributed by atoms with Crippen molar-refractivity contribution in [2.24, 2.45) is 10.9 Å². The van der Waals surface area contributed by atoms with Crippen LogP contribution in [0.3, 0.4) is 0 Å². The van der Waals surface area contributed by atoms with E-state index in [9.17, 15) is 4.79 Å². The lowest BCUT2D eigenvalue weighted by atomic mass is 10.2. The zero-order valence-electron chi connectivity index (χ0n) is 12.4. The normalized spacial score (nSPS) is 12.7. The highest BCUT2D eigenvalue weighted by Crippen LogP contribution is 2.24. The highest BCUT2D eigenvalue weighted by molar-refractivity contribution is 8.00. The van der Waals surface area contributed by atoms with Gasteiger partial charge in [0.05, 0.1) is 0 Å². The van der Waals surface area contributed by atoms with Crippen LogP contribution in [0.4, 0.5) is 0 Å². The molecular weight excluding hydrogens is 298 g/mol. The number of aryl methyl sites for hydroxylation is 1. The lowest BCUT2D eigenvalue weighted by molar-refractivity contribution is -0.142. The topological polar surface area (TPSA) is 77.6 Å². The Bertz CT molecular complexity index is 657. The maximum absolute atomic E-state index is 11.9. The van der Waals surface area contributed by atoms with E-state index in [4.69, 9.17) is 10.6 Å². The van der Waals surface area contributed by atoms with Crippen molar-refractivity contribution in [3.8, 4) is 0 Å². The summed E-state index contributed by atoms with van der Waals surface area (Å²) in [6.45, 7) is 3.78. The summed E-state index contributed by atoms with van der Waals surface area (Å²) in [4.78, 5) is 21.7. The molecule has 1 atom stereocenters. The summed E-state index contributed by atoms with van der Waals surface area (Å²) in [5.41, 5.74) is 7.52. The Hall–Kier alpha value is -2.34. The predicted octanol–water partition coefficient (Wildman–Crippen LogP) is 2.73. The summed E-state index contributed by atoms with van der Waals surface area (Å²) in [6, 6.07) is 11.4. The monoisotopic (exact) mass is 315 g/mol. The first kappa shape index (κ1) is 16.0. The number of oxime groups is 1. The van der Waals surface area contributed by atoms with Crippen LogP contribution in [0.25, 0.3) is 0 Å². The second-order valence-corrected chi connectivity index (χ2v) is 6.12. The van der Waals surface area contributed by atoms with Gasteiger partial charge in [0.1, 0.15) is 5.25 Å². The molecule has 2 N–H and O–H groups in total. The van der Waals surface area contributed by atoms with E-state index in [0.29, 0.717) is 5.56 Å². The third kappa shape index (κ3) is 4.60. The first-order chi connectivity index (χ1) is 10.6. The average Bonchev–Trinajstić information content (AvgIpc) is 2.55. The summed E-state index contributed by atoms with van der Waals surface area (Å²) < 4.78 is 0. The first-order valence-corrected chi connectivity index (χ1v) is 7.62. The van der Waals surface area contributed by atoms with Gasteiger partial charge >= 0.3 is 5.97 Å². The van der Waals surface area contributed by atoms with Crippen LogP contribution in [0.2, 0.25) is 0 Å². The zero-order valence-corrected chi connectivity index (χ0v) is 13.2. The van der Waals surface area contributed by atoms with Crippen molar-refractivity contribution in [1.29, 1.82) is 0 Å². The SMILES string of the molecule is Cc1ccc(SC(C)C(=O)ON=C(N)c2cccnc2)cc1. The molecule has 1 unspecified atom stereocenters. The number of pyridine rings is 1. The average molecular weight is 315 g/mol. The molecule has 0 fully saturated rings. The molecule has 2 aromatic rings. The summed E-state index contributed by atoms with van der Waals surface area (Å²) in [6.07, 6.45) is 3.18. The van der Waals surface area contributed by atoms with Gasteiger partial charge in [-0.05, 0) is 38.1 Å². The third-order valence-electron chi connectivity index (χ3n) is 2.86. The van der Waals surface area contributed by atoms with Crippen molar-refractivity contribution in [1.82, 2.24) is 4.98 Å². The quantitative estimate of drug-likeness (QED) is 0.302. The van der Waals surface area contributed by atoms with Crippen LogP contribution in [0.5, 0.6) is 0 Å². The van der Waals surface area contributed by atoms with Crippen molar-refractivity contribution >= 4 is 23.6 Å². The second-order valence-electron chi connectivity index (χ2n) is 4.70. The molecule has 1 heterocycles. The molecule has 5 nitrogen and oxygen atoms in total. The molecule has 1 aromatic heterocycles. The number of nitrogens with two attached hydrogens (primary N) is 1. The number of thioether (sulfide) groups is 1. The lowest BCUT2D eigenvalue weighted by Crippen LogP contribution is -2.19. The molecule has 0 aliphatic rings. The molecule has 0 spiro atoms. The molecule has 0 amide bonds. The lowest BCUT2D eigenvalue weighted by Gasteiger charge is -2.08. The van der Waals surface area contributed by atoms with Crippen molar-refractivity contribution in [2.75, 3.05) is 0 Å². The molecule has 6 heteroatoms. The molecular formula is C16H17N3O2S. The number of hydrogen-bond acceptors (Lipinski definition) is 5. The van der Waals surface area contributed by atoms with E-state index in [1.54, 1.807) is 31.5 Å². The highest BCUT2D eigenvalue weighted by atomic mass is 32.2. The molecule has 0 saturated carbocycles. The van der Waals surface area contributed by atoms with E-state index in [-0.39, 0.29) is 11.1 Å². The summed E-state index contributed by atoms with van der Waals surface area (Å²) >= 11 is 1.41. The fourth-order valence-corrected chi connectivity index (χ4v) is 2.45. The number of carbonyl (C=O) groups excluding carboxylic acids is 1. The van der Waals surface area contributed by atoms with E-state index in [1.807, 2.05) is 31.2 Å². The Kier molecular flexibility index (Phi) is 5.55. The Morgan fingerprint density at radius 1 is 1.32 bits per heavy atom. The number of rotatable bonds is 5. The highest BCUT2D eigenvalue weighted by Gasteiger charge is 2.16. The van der Waals surface area contributed by atoms with Crippen molar-refractivity contribution in [3.05, 3.63) is 59.9 Å². The number of benzene rings is 1. The number of aromatic nitrogens is 1. The Balaban J connectivity index is 1.92. The van der Waals surface area contributed by atoms with Gasteiger partial charge in [-0.25, -0.2) is 4.79 Å². The minimum atomic E-state index is -0.447. The summed E-state index contributed by atoms with van der Waals surface area (Å²) in [7, 11) is 0. The van der Waals surface area contributed by atoms with Crippen LogP contribution in [0, 0.1) is 6.92 Å². The van der Waals surface area contributed by atoms with Gasteiger partial charge in [0.15, 0.2) is 5.84 Å². The molecule has 2 rings (SSSR count). The fourth-order valence-electron chi connectivity index (χ4n) is 1.60. The third-order valence-corrected chi connectivity index (χ3v) is 3.95. The Morgan fingerprint density at radius 3 is 2.68 bits per heavy atom. The van der Waals surface area contributed by atoms with Gasteiger partial charge in [0.25, 0.3) is 0 Å². The summed E-state index contributed by atoms with van der Waals surface area (Å²) in [5, 5.41) is 3.28. The van der Waals surface area contributed by atoms with E-state index < -0.39 is 5.97 Å². The van der Waals surface area contributed by atoms with Crippen molar-refractivity contribution < 1.29 is 9.63 Å². The molecule has 0 aliphatic carbocycles. The molecule has 0 aliphatic heterocycles. The molecule has 0 bridgehead atoms.